The van der Waals surface area contributed by atoms with Crippen LogP contribution in [0.15, 0.2) is 12.1 Å². The highest BCUT2D eigenvalue weighted by atomic mass is 16.5. The fourth-order valence-corrected chi connectivity index (χ4v) is 1.59. The lowest BCUT2D eigenvalue weighted by Crippen LogP contribution is -2.23. The van der Waals surface area contributed by atoms with Crippen LogP contribution in [0.4, 0.5) is 4.79 Å². The lowest BCUT2D eigenvalue weighted by Gasteiger charge is -2.14. The van der Waals surface area contributed by atoms with Gasteiger partial charge in [0, 0.05) is 12.6 Å². The molecule has 0 bridgehead atoms. The summed E-state index contributed by atoms with van der Waals surface area (Å²) >= 11 is 0. The number of nitrogens with one attached hydrogen (secondary N) is 1. The number of amides is 1. The fraction of sp³-hybridized carbons (Fsp3) is 0.417. The highest BCUT2D eigenvalue weighted by Gasteiger charge is 2.11. The van der Waals surface area contributed by atoms with Crippen LogP contribution in [0.2, 0.25) is 0 Å². The summed E-state index contributed by atoms with van der Waals surface area (Å²) in [5.74, 6) is 1.80. The summed E-state index contributed by atoms with van der Waals surface area (Å²) in [6.45, 7) is 0.307. The van der Waals surface area contributed by atoms with Crippen LogP contribution >= 0.6 is 0 Å². The van der Waals surface area contributed by atoms with Crippen LogP contribution in [0.25, 0.3) is 0 Å². The van der Waals surface area contributed by atoms with Crippen LogP contribution < -0.4 is 19.5 Å². The van der Waals surface area contributed by atoms with Gasteiger partial charge in [-0.15, -0.1) is 0 Å². The van der Waals surface area contributed by atoms with E-state index < -0.39 is 6.09 Å². The Morgan fingerprint density at radius 3 is 2.17 bits per heavy atom. The number of rotatable bonds is 6. The van der Waals surface area contributed by atoms with Gasteiger partial charge in [0.25, 0.3) is 0 Å². The van der Waals surface area contributed by atoms with E-state index in [1.54, 1.807) is 33.5 Å². The average Bonchev–Trinajstić information content (AvgIpc) is 2.37. The second-order valence-electron chi connectivity index (χ2n) is 3.50. The van der Waals surface area contributed by atoms with Crippen molar-refractivity contribution in [1.29, 1.82) is 0 Å². The van der Waals surface area contributed by atoms with Gasteiger partial charge in [0.1, 0.15) is 5.75 Å². The minimum Gasteiger partial charge on any atom is -0.496 e. The third kappa shape index (κ3) is 3.44. The van der Waals surface area contributed by atoms with Crippen molar-refractivity contribution in [2.45, 2.75) is 6.42 Å². The van der Waals surface area contributed by atoms with E-state index in [2.05, 4.69) is 5.32 Å². The number of ether oxygens (including phenoxy) is 3. The van der Waals surface area contributed by atoms with Gasteiger partial charge in [-0.2, -0.15) is 0 Å². The van der Waals surface area contributed by atoms with Crippen molar-refractivity contribution in [2.24, 2.45) is 0 Å². The van der Waals surface area contributed by atoms with Crippen molar-refractivity contribution in [3.8, 4) is 17.2 Å². The van der Waals surface area contributed by atoms with Crippen LogP contribution in [-0.2, 0) is 6.42 Å². The van der Waals surface area contributed by atoms with Crippen molar-refractivity contribution < 1.29 is 24.1 Å². The first-order chi connectivity index (χ1) is 8.62. The maximum atomic E-state index is 10.4. The highest BCUT2D eigenvalue weighted by molar-refractivity contribution is 5.64. The van der Waals surface area contributed by atoms with Crippen LogP contribution in [0, 0.1) is 0 Å². The van der Waals surface area contributed by atoms with Gasteiger partial charge in [-0.05, 0) is 18.1 Å². The van der Waals surface area contributed by atoms with E-state index in [-0.39, 0.29) is 0 Å². The van der Waals surface area contributed by atoms with E-state index in [0.717, 1.165) is 5.56 Å². The average molecular weight is 255 g/mol. The molecule has 0 heterocycles. The second-order valence-corrected chi connectivity index (χ2v) is 3.50. The minimum absolute atomic E-state index is 0.307. The summed E-state index contributed by atoms with van der Waals surface area (Å²) in [6.07, 6.45) is -0.537. The molecule has 1 aromatic carbocycles. The molecule has 0 atom stereocenters. The molecule has 0 radical (unpaired) electrons. The van der Waals surface area contributed by atoms with Crippen molar-refractivity contribution in [3.05, 3.63) is 17.7 Å². The number of benzene rings is 1. The van der Waals surface area contributed by atoms with E-state index in [1.807, 2.05) is 0 Å². The number of carbonyl (C=O) groups is 1. The number of methoxy groups -OCH3 is 3. The van der Waals surface area contributed by atoms with Crippen molar-refractivity contribution in [3.63, 3.8) is 0 Å². The zero-order chi connectivity index (χ0) is 13.5. The Hall–Kier alpha value is -2.11. The van der Waals surface area contributed by atoms with Crippen LogP contribution in [0.1, 0.15) is 5.56 Å². The molecule has 0 aromatic heterocycles. The van der Waals surface area contributed by atoms with Crippen LogP contribution in [0.5, 0.6) is 17.2 Å². The first-order valence-electron chi connectivity index (χ1n) is 5.38. The van der Waals surface area contributed by atoms with Crippen molar-refractivity contribution >= 4 is 6.09 Å². The molecule has 1 rings (SSSR count). The van der Waals surface area contributed by atoms with Gasteiger partial charge in [0.15, 0.2) is 11.5 Å². The third-order valence-corrected chi connectivity index (χ3v) is 2.46. The maximum Gasteiger partial charge on any atom is 0.404 e. The SMILES string of the molecule is COc1cc(OC)c(OC)cc1CCNC(=O)O. The van der Waals surface area contributed by atoms with E-state index in [1.165, 1.54) is 0 Å². The molecular weight excluding hydrogens is 238 g/mol. The van der Waals surface area contributed by atoms with Gasteiger partial charge in [0.05, 0.1) is 21.3 Å². The Bertz CT molecular complexity index is 419. The molecule has 0 saturated carbocycles. The van der Waals surface area contributed by atoms with Crippen LogP contribution in [-0.4, -0.2) is 39.1 Å². The van der Waals surface area contributed by atoms with Crippen molar-refractivity contribution in [1.82, 2.24) is 5.32 Å². The molecule has 18 heavy (non-hydrogen) atoms. The lowest BCUT2D eigenvalue weighted by atomic mass is 10.1. The molecule has 0 saturated heterocycles. The molecule has 100 valence electrons. The van der Waals surface area contributed by atoms with E-state index in [0.29, 0.717) is 30.2 Å². The summed E-state index contributed by atoms with van der Waals surface area (Å²) in [5.41, 5.74) is 0.851. The zero-order valence-electron chi connectivity index (χ0n) is 10.6. The quantitative estimate of drug-likeness (QED) is 0.806. The topological polar surface area (TPSA) is 77.0 Å². The molecule has 1 aromatic rings. The molecule has 1 amide bonds. The maximum absolute atomic E-state index is 10.4. The molecule has 0 aliphatic heterocycles. The molecule has 6 nitrogen and oxygen atoms in total. The number of hydrogen-bond donors (Lipinski definition) is 2. The smallest absolute Gasteiger partial charge is 0.404 e. The standard InChI is InChI=1S/C12H17NO5/c1-16-9-7-11(18-3)10(17-2)6-8(9)4-5-13-12(14)15/h6-7,13H,4-5H2,1-3H3,(H,14,15). The van der Waals surface area contributed by atoms with Gasteiger partial charge >= 0.3 is 6.09 Å². The van der Waals surface area contributed by atoms with Crippen molar-refractivity contribution in [2.75, 3.05) is 27.9 Å². The Kier molecular flexibility index (Phi) is 5.10. The molecule has 6 heteroatoms. The first kappa shape index (κ1) is 14.0. The van der Waals surface area contributed by atoms with E-state index in [4.69, 9.17) is 19.3 Å². The highest BCUT2D eigenvalue weighted by Crippen LogP contribution is 2.34. The van der Waals surface area contributed by atoms with Crippen LogP contribution in [0.3, 0.4) is 0 Å². The normalized spacial score (nSPS) is 9.72. The van der Waals surface area contributed by atoms with E-state index in [9.17, 15) is 4.79 Å². The monoisotopic (exact) mass is 255 g/mol. The van der Waals surface area contributed by atoms with Gasteiger partial charge in [-0.1, -0.05) is 0 Å². The predicted octanol–water partition coefficient (Wildman–Crippen LogP) is 1.52. The van der Waals surface area contributed by atoms with Gasteiger partial charge in [-0.3, -0.25) is 0 Å². The van der Waals surface area contributed by atoms with E-state index >= 15 is 0 Å². The predicted molar refractivity (Wildman–Crippen MR) is 65.8 cm³/mol. The molecule has 0 aliphatic rings. The zero-order valence-corrected chi connectivity index (χ0v) is 10.6. The van der Waals surface area contributed by atoms with Gasteiger partial charge in [0.2, 0.25) is 0 Å². The minimum atomic E-state index is -1.05. The summed E-state index contributed by atoms with van der Waals surface area (Å²) in [6, 6.07) is 3.50. The summed E-state index contributed by atoms with van der Waals surface area (Å²) in [5, 5.41) is 10.8. The first-order valence-corrected chi connectivity index (χ1v) is 5.38. The number of carboxylic acid groups (broad SMARTS) is 1. The lowest BCUT2D eigenvalue weighted by molar-refractivity contribution is 0.194. The van der Waals surface area contributed by atoms with Gasteiger partial charge < -0.3 is 24.6 Å². The second kappa shape index (κ2) is 6.58. The Balaban J connectivity index is 2.91. The molecule has 0 unspecified atom stereocenters. The summed E-state index contributed by atoms with van der Waals surface area (Å²) in [7, 11) is 4.64. The molecular formula is C12H17NO5. The fourth-order valence-electron chi connectivity index (χ4n) is 1.59. The molecule has 2 N–H and O–H groups in total. The summed E-state index contributed by atoms with van der Waals surface area (Å²) < 4.78 is 15.6. The third-order valence-electron chi connectivity index (χ3n) is 2.46. The molecule has 0 fully saturated rings. The Labute approximate surface area is 105 Å². The number of hydrogen-bond acceptors (Lipinski definition) is 4. The summed E-state index contributed by atoms with van der Waals surface area (Å²) in [4.78, 5) is 10.4. The largest absolute Gasteiger partial charge is 0.496 e. The Morgan fingerprint density at radius 2 is 1.67 bits per heavy atom. The van der Waals surface area contributed by atoms with Gasteiger partial charge in [-0.25, -0.2) is 4.79 Å². The molecule has 0 spiro atoms. The molecule has 0 aliphatic carbocycles. The Morgan fingerprint density at radius 1 is 1.11 bits per heavy atom.